The van der Waals surface area contributed by atoms with Crippen molar-refractivity contribution in [2.45, 2.75) is 39.0 Å². The molecule has 1 unspecified atom stereocenters. The summed E-state index contributed by atoms with van der Waals surface area (Å²) in [5.74, 6) is 2.07. The molecule has 0 aromatic carbocycles. The molecule has 0 bridgehead atoms. The number of aromatic nitrogens is 3. The van der Waals surface area contributed by atoms with Crippen LogP contribution in [0.25, 0.3) is 11.5 Å². The third kappa shape index (κ3) is 3.29. The van der Waals surface area contributed by atoms with Gasteiger partial charge in [-0.15, -0.1) is 11.3 Å². The highest BCUT2D eigenvalue weighted by Crippen LogP contribution is 2.25. The fourth-order valence-electron chi connectivity index (χ4n) is 2.30. The van der Waals surface area contributed by atoms with Crippen molar-refractivity contribution in [1.29, 1.82) is 0 Å². The molecule has 2 aromatic rings. The van der Waals surface area contributed by atoms with E-state index in [-0.39, 0.29) is 5.91 Å². The monoisotopic (exact) mass is 306 g/mol. The van der Waals surface area contributed by atoms with E-state index >= 15 is 0 Å². The topological polar surface area (TPSA) is 80.9 Å². The number of amides is 1. The fourth-order valence-corrected chi connectivity index (χ4v) is 3.12. The molecule has 112 valence electrons. The van der Waals surface area contributed by atoms with E-state index in [4.69, 9.17) is 4.52 Å². The van der Waals surface area contributed by atoms with Crippen LogP contribution in [0.4, 0.5) is 0 Å². The summed E-state index contributed by atoms with van der Waals surface area (Å²) >= 11 is 1.62. The van der Waals surface area contributed by atoms with Gasteiger partial charge in [0.15, 0.2) is 0 Å². The van der Waals surface area contributed by atoms with E-state index in [1.54, 1.807) is 11.3 Å². The number of rotatable bonds is 4. The van der Waals surface area contributed by atoms with E-state index in [1.807, 2.05) is 5.38 Å². The highest BCUT2D eigenvalue weighted by atomic mass is 32.1. The molecule has 1 saturated heterocycles. The zero-order chi connectivity index (χ0) is 14.8. The van der Waals surface area contributed by atoms with Crippen molar-refractivity contribution in [3.63, 3.8) is 0 Å². The third-order valence-corrected chi connectivity index (χ3v) is 4.69. The number of nitrogens with one attached hydrogen (secondary N) is 1. The Morgan fingerprint density at radius 1 is 1.48 bits per heavy atom. The third-order valence-electron chi connectivity index (χ3n) is 3.54. The zero-order valence-electron chi connectivity index (χ0n) is 12.1. The van der Waals surface area contributed by atoms with Gasteiger partial charge in [0.1, 0.15) is 5.69 Å². The highest BCUT2D eigenvalue weighted by Gasteiger charge is 2.21. The van der Waals surface area contributed by atoms with Crippen LogP contribution in [-0.2, 0) is 11.2 Å². The van der Waals surface area contributed by atoms with E-state index in [9.17, 15) is 4.79 Å². The highest BCUT2D eigenvalue weighted by molar-refractivity contribution is 7.10. The summed E-state index contributed by atoms with van der Waals surface area (Å²) in [5.41, 5.74) is 0.774. The van der Waals surface area contributed by atoms with Gasteiger partial charge in [0.2, 0.25) is 17.6 Å². The minimum atomic E-state index is 0.126. The quantitative estimate of drug-likeness (QED) is 0.938. The smallest absolute Gasteiger partial charge is 0.227 e. The van der Waals surface area contributed by atoms with Crippen molar-refractivity contribution in [2.24, 2.45) is 5.92 Å². The van der Waals surface area contributed by atoms with Crippen molar-refractivity contribution in [2.75, 3.05) is 6.54 Å². The molecule has 0 radical (unpaired) electrons. The molecule has 0 spiro atoms. The van der Waals surface area contributed by atoms with Crippen molar-refractivity contribution < 1.29 is 9.32 Å². The van der Waals surface area contributed by atoms with Crippen molar-refractivity contribution in [3.05, 3.63) is 16.3 Å². The van der Waals surface area contributed by atoms with Gasteiger partial charge in [-0.25, -0.2) is 4.98 Å². The Labute approximate surface area is 127 Å². The lowest BCUT2D eigenvalue weighted by molar-refractivity contribution is -0.122. The van der Waals surface area contributed by atoms with Crippen LogP contribution < -0.4 is 5.32 Å². The number of hydrogen-bond donors (Lipinski definition) is 1. The van der Waals surface area contributed by atoms with Gasteiger partial charge in [0.05, 0.1) is 5.01 Å². The summed E-state index contributed by atoms with van der Waals surface area (Å²) in [5, 5.41) is 9.92. The first kappa shape index (κ1) is 14.2. The Bertz CT molecular complexity index is 624. The number of piperidine rings is 1. The Kier molecular flexibility index (Phi) is 4.01. The largest absolute Gasteiger partial charge is 0.356 e. The Morgan fingerprint density at radius 2 is 2.33 bits per heavy atom. The van der Waals surface area contributed by atoms with Crippen LogP contribution in [0, 0.1) is 5.92 Å². The molecule has 7 heteroatoms. The molecule has 1 N–H and O–H groups in total. The maximum atomic E-state index is 11.1. The maximum Gasteiger partial charge on any atom is 0.227 e. The van der Waals surface area contributed by atoms with Crippen LogP contribution in [0.1, 0.15) is 43.5 Å². The molecular formula is C14H18N4O2S. The molecule has 1 aliphatic rings. The Morgan fingerprint density at radius 3 is 3.00 bits per heavy atom. The predicted molar refractivity (Wildman–Crippen MR) is 78.9 cm³/mol. The summed E-state index contributed by atoms with van der Waals surface area (Å²) in [7, 11) is 0. The number of nitrogens with zero attached hydrogens (tertiary/aromatic N) is 3. The summed E-state index contributed by atoms with van der Waals surface area (Å²) < 4.78 is 5.31. The van der Waals surface area contributed by atoms with Crippen LogP contribution in [0.2, 0.25) is 0 Å². The van der Waals surface area contributed by atoms with E-state index < -0.39 is 0 Å². The lowest BCUT2D eigenvalue weighted by Crippen LogP contribution is -2.35. The second-order valence-electron chi connectivity index (χ2n) is 5.65. The van der Waals surface area contributed by atoms with Gasteiger partial charge >= 0.3 is 0 Å². The molecule has 1 aliphatic heterocycles. The first-order valence-corrected chi connectivity index (χ1v) is 8.05. The lowest BCUT2D eigenvalue weighted by atomic mass is 9.96. The molecule has 0 saturated carbocycles. The minimum Gasteiger partial charge on any atom is -0.356 e. The normalized spacial score (nSPS) is 19.0. The van der Waals surface area contributed by atoms with Crippen molar-refractivity contribution in [1.82, 2.24) is 20.4 Å². The van der Waals surface area contributed by atoms with Crippen LogP contribution in [-0.4, -0.2) is 27.6 Å². The van der Waals surface area contributed by atoms with E-state index in [0.29, 0.717) is 42.9 Å². The number of hydrogen-bond acceptors (Lipinski definition) is 6. The van der Waals surface area contributed by atoms with Gasteiger partial charge in [-0.2, -0.15) is 4.98 Å². The van der Waals surface area contributed by atoms with Gasteiger partial charge < -0.3 is 9.84 Å². The van der Waals surface area contributed by atoms with Crippen LogP contribution >= 0.6 is 11.3 Å². The summed E-state index contributed by atoms with van der Waals surface area (Å²) in [6.07, 6.45) is 2.15. The molecule has 1 fully saturated rings. The first-order chi connectivity index (χ1) is 10.1. The molecule has 2 aromatic heterocycles. The Hall–Kier alpha value is -1.76. The average molecular weight is 306 g/mol. The molecule has 1 atom stereocenters. The standard InChI is InChI=1S/C14H18N4O2S/c1-8(2)14-16-10(7-21-14)13-17-12(20-18-13)5-9-3-4-11(19)15-6-9/h7-9H,3-6H2,1-2H3,(H,15,19). The maximum absolute atomic E-state index is 11.1. The minimum absolute atomic E-state index is 0.126. The van der Waals surface area contributed by atoms with Gasteiger partial charge in [0.25, 0.3) is 0 Å². The van der Waals surface area contributed by atoms with E-state index in [0.717, 1.165) is 17.1 Å². The molecule has 0 aliphatic carbocycles. The van der Waals surface area contributed by atoms with Gasteiger partial charge in [-0.05, 0) is 12.3 Å². The van der Waals surface area contributed by atoms with Crippen LogP contribution in [0.5, 0.6) is 0 Å². The zero-order valence-corrected chi connectivity index (χ0v) is 12.9. The lowest BCUT2D eigenvalue weighted by Gasteiger charge is -2.20. The summed E-state index contributed by atoms with van der Waals surface area (Å²) in [6, 6.07) is 0. The van der Waals surface area contributed by atoms with Crippen molar-refractivity contribution in [3.8, 4) is 11.5 Å². The average Bonchev–Trinajstić information content (AvgIpc) is 3.10. The first-order valence-electron chi connectivity index (χ1n) is 7.17. The Balaban J connectivity index is 1.66. The number of carbonyl (C=O) groups excluding carboxylic acids is 1. The van der Waals surface area contributed by atoms with Crippen LogP contribution in [0.15, 0.2) is 9.90 Å². The van der Waals surface area contributed by atoms with Gasteiger partial charge in [-0.1, -0.05) is 19.0 Å². The number of carbonyl (C=O) groups is 1. The van der Waals surface area contributed by atoms with Gasteiger partial charge in [-0.3, -0.25) is 4.79 Å². The molecule has 3 rings (SSSR count). The molecular weight excluding hydrogens is 288 g/mol. The van der Waals surface area contributed by atoms with E-state index in [1.165, 1.54) is 0 Å². The number of thiazole rings is 1. The van der Waals surface area contributed by atoms with E-state index in [2.05, 4.69) is 34.3 Å². The fraction of sp³-hybridized carbons (Fsp3) is 0.571. The van der Waals surface area contributed by atoms with Crippen LogP contribution in [0.3, 0.4) is 0 Å². The molecule has 1 amide bonds. The predicted octanol–water partition coefficient (Wildman–Crippen LogP) is 2.39. The second-order valence-corrected chi connectivity index (χ2v) is 6.54. The molecule has 6 nitrogen and oxygen atoms in total. The SMILES string of the molecule is CC(C)c1nc(-c2noc(CC3CCC(=O)NC3)n2)cs1. The van der Waals surface area contributed by atoms with Crippen molar-refractivity contribution >= 4 is 17.2 Å². The molecule has 21 heavy (non-hydrogen) atoms. The van der Waals surface area contributed by atoms with Gasteiger partial charge in [0, 0.05) is 30.7 Å². The molecule has 3 heterocycles. The summed E-state index contributed by atoms with van der Waals surface area (Å²) in [4.78, 5) is 20.1. The second kappa shape index (κ2) is 5.93. The summed E-state index contributed by atoms with van der Waals surface area (Å²) in [6.45, 7) is 4.91.